The zero-order valence-corrected chi connectivity index (χ0v) is 31.7. The van der Waals surface area contributed by atoms with Crippen LogP contribution in [0.2, 0.25) is 0 Å². The van der Waals surface area contributed by atoms with E-state index < -0.39 is 0 Å². The van der Waals surface area contributed by atoms with E-state index in [4.69, 9.17) is 9.47 Å². The van der Waals surface area contributed by atoms with Crippen molar-refractivity contribution in [3.8, 4) is 0 Å². The number of carbonyl (C=O) groups is 2. The van der Waals surface area contributed by atoms with Crippen molar-refractivity contribution < 1.29 is 19.1 Å². The molecule has 0 bridgehead atoms. The highest BCUT2D eigenvalue weighted by Gasteiger charge is 2.13. The summed E-state index contributed by atoms with van der Waals surface area (Å²) >= 11 is 0. The van der Waals surface area contributed by atoms with Gasteiger partial charge in [0.25, 0.3) is 0 Å². The lowest BCUT2D eigenvalue weighted by atomic mass is 10.0. The van der Waals surface area contributed by atoms with Crippen molar-refractivity contribution in [2.24, 2.45) is 0 Å². The lowest BCUT2D eigenvalue weighted by molar-refractivity contribution is -0.150. The zero-order chi connectivity index (χ0) is 33.6. The Labute approximate surface area is 283 Å². The Hall–Kier alpha value is -1.06. The van der Waals surface area contributed by atoms with Crippen LogP contribution in [0.5, 0.6) is 0 Å². The van der Waals surface area contributed by atoms with Gasteiger partial charge in [0, 0.05) is 12.8 Å². The molecular formula is C41H82O4. The van der Waals surface area contributed by atoms with Crippen molar-refractivity contribution in [3.63, 3.8) is 0 Å². The van der Waals surface area contributed by atoms with Crippen LogP contribution in [-0.2, 0) is 19.1 Å². The van der Waals surface area contributed by atoms with E-state index in [0.29, 0.717) is 12.8 Å². The SMILES string of the molecule is CCCCCCCCCCCCCC(=O)OC(C)C.CCCCCCCCCCCCCCCC(=O)OC(CCC)CCCC. The van der Waals surface area contributed by atoms with Gasteiger partial charge in [0.1, 0.15) is 6.10 Å². The summed E-state index contributed by atoms with van der Waals surface area (Å²) in [7, 11) is 0. The van der Waals surface area contributed by atoms with Crippen LogP contribution in [0.15, 0.2) is 0 Å². The first-order chi connectivity index (χ1) is 21.9. The second-order valence-corrected chi connectivity index (χ2v) is 13.9. The maximum atomic E-state index is 12.0. The quantitative estimate of drug-likeness (QED) is 0.0530. The summed E-state index contributed by atoms with van der Waals surface area (Å²) in [5.41, 5.74) is 0. The second kappa shape index (κ2) is 39.1. The maximum Gasteiger partial charge on any atom is 0.306 e. The molecule has 0 aromatic carbocycles. The van der Waals surface area contributed by atoms with Crippen molar-refractivity contribution in [3.05, 3.63) is 0 Å². The smallest absolute Gasteiger partial charge is 0.306 e. The standard InChI is InChI=1S/C24H48O2.C17H34O2/c1-4-7-9-10-11-12-13-14-15-16-17-18-19-22-24(25)26-23(20-6-3)21-8-5-2;1-4-5-6-7-8-9-10-11-12-13-14-15-17(18)19-16(2)3/h23H,4-22H2,1-3H3;16H,4-15H2,1-3H3. The summed E-state index contributed by atoms with van der Waals surface area (Å²) < 4.78 is 10.8. The van der Waals surface area contributed by atoms with E-state index in [1.165, 1.54) is 148 Å². The third-order valence-electron chi connectivity index (χ3n) is 8.62. The summed E-state index contributed by atoms with van der Waals surface area (Å²) in [4.78, 5) is 23.3. The lowest BCUT2D eigenvalue weighted by Gasteiger charge is -2.17. The lowest BCUT2D eigenvalue weighted by Crippen LogP contribution is -2.18. The van der Waals surface area contributed by atoms with E-state index in [0.717, 1.165) is 38.5 Å². The summed E-state index contributed by atoms with van der Waals surface area (Å²) in [5.74, 6) is -0.00597. The Balaban J connectivity index is 0. The third-order valence-corrected chi connectivity index (χ3v) is 8.62. The van der Waals surface area contributed by atoms with Gasteiger partial charge in [-0.1, -0.05) is 188 Å². The van der Waals surface area contributed by atoms with Crippen LogP contribution in [0.3, 0.4) is 0 Å². The van der Waals surface area contributed by atoms with E-state index in [2.05, 4.69) is 27.7 Å². The van der Waals surface area contributed by atoms with E-state index in [1.807, 2.05) is 13.8 Å². The van der Waals surface area contributed by atoms with E-state index >= 15 is 0 Å². The van der Waals surface area contributed by atoms with Crippen molar-refractivity contribution in [2.75, 3.05) is 0 Å². The minimum absolute atomic E-state index is 0.0280. The Bertz CT molecular complexity index is 588. The van der Waals surface area contributed by atoms with Gasteiger partial charge in [0.2, 0.25) is 0 Å². The largest absolute Gasteiger partial charge is 0.463 e. The number of hydrogen-bond acceptors (Lipinski definition) is 4. The van der Waals surface area contributed by atoms with Gasteiger partial charge in [-0.25, -0.2) is 0 Å². The topological polar surface area (TPSA) is 52.6 Å². The molecule has 0 saturated heterocycles. The van der Waals surface area contributed by atoms with Gasteiger partial charge < -0.3 is 9.47 Å². The second-order valence-electron chi connectivity index (χ2n) is 13.9. The Morgan fingerprint density at radius 1 is 0.378 bits per heavy atom. The molecule has 0 radical (unpaired) electrons. The van der Waals surface area contributed by atoms with Gasteiger partial charge >= 0.3 is 11.9 Å². The monoisotopic (exact) mass is 639 g/mol. The molecule has 0 spiro atoms. The van der Waals surface area contributed by atoms with Crippen LogP contribution < -0.4 is 0 Å². The number of rotatable bonds is 33. The molecule has 0 aromatic rings. The van der Waals surface area contributed by atoms with Crippen LogP contribution in [0.4, 0.5) is 0 Å². The predicted molar refractivity (Wildman–Crippen MR) is 197 cm³/mol. The minimum atomic E-state index is -0.0362. The average molecular weight is 639 g/mol. The van der Waals surface area contributed by atoms with Crippen LogP contribution in [0.25, 0.3) is 0 Å². The molecule has 4 heteroatoms. The normalized spacial score (nSPS) is 11.7. The van der Waals surface area contributed by atoms with Gasteiger partial charge in [-0.15, -0.1) is 0 Å². The number of carbonyl (C=O) groups excluding carboxylic acids is 2. The number of ether oxygens (including phenoxy) is 2. The van der Waals surface area contributed by atoms with Crippen LogP contribution in [0, 0.1) is 0 Å². The third kappa shape index (κ3) is 40.9. The molecule has 270 valence electrons. The first-order valence-corrected chi connectivity index (χ1v) is 20.3. The van der Waals surface area contributed by atoms with Gasteiger partial charge in [0.15, 0.2) is 0 Å². The van der Waals surface area contributed by atoms with Gasteiger partial charge in [0.05, 0.1) is 6.10 Å². The first-order valence-electron chi connectivity index (χ1n) is 20.3. The Morgan fingerprint density at radius 3 is 1.00 bits per heavy atom. The van der Waals surface area contributed by atoms with E-state index in [-0.39, 0.29) is 24.1 Å². The van der Waals surface area contributed by atoms with Gasteiger partial charge in [-0.2, -0.15) is 0 Å². The van der Waals surface area contributed by atoms with Crippen LogP contribution in [-0.4, -0.2) is 24.1 Å². The van der Waals surface area contributed by atoms with Crippen LogP contribution in [0.1, 0.15) is 241 Å². The summed E-state index contributed by atoms with van der Waals surface area (Å²) in [5, 5.41) is 0. The molecule has 0 N–H and O–H groups in total. The highest BCUT2D eigenvalue weighted by molar-refractivity contribution is 5.69. The average Bonchev–Trinajstić information content (AvgIpc) is 3.01. The van der Waals surface area contributed by atoms with Crippen molar-refractivity contribution in [2.45, 2.75) is 253 Å². The molecule has 4 nitrogen and oxygen atoms in total. The number of hydrogen-bond donors (Lipinski definition) is 0. The molecule has 45 heavy (non-hydrogen) atoms. The molecule has 0 rings (SSSR count). The Morgan fingerprint density at radius 2 is 0.689 bits per heavy atom. The van der Waals surface area contributed by atoms with Gasteiger partial charge in [-0.3, -0.25) is 9.59 Å². The number of esters is 2. The van der Waals surface area contributed by atoms with E-state index in [1.54, 1.807) is 0 Å². The highest BCUT2D eigenvalue weighted by Crippen LogP contribution is 2.16. The molecule has 0 aliphatic heterocycles. The molecule has 1 unspecified atom stereocenters. The summed E-state index contributed by atoms with van der Waals surface area (Å²) in [6.45, 7) is 12.7. The van der Waals surface area contributed by atoms with Gasteiger partial charge in [-0.05, 0) is 39.5 Å². The molecule has 0 saturated carbocycles. The zero-order valence-electron chi connectivity index (χ0n) is 31.7. The minimum Gasteiger partial charge on any atom is -0.463 e. The molecule has 0 aliphatic carbocycles. The molecule has 1 atom stereocenters. The molecule has 0 amide bonds. The van der Waals surface area contributed by atoms with Crippen molar-refractivity contribution in [1.29, 1.82) is 0 Å². The predicted octanol–water partition coefficient (Wildman–Crippen LogP) is 14.0. The first kappa shape index (κ1) is 46.1. The fourth-order valence-corrected chi connectivity index (χ4v) is 5.80. The highest BCUT2D eigenvalue weighted by atomic mass is 16.5. The maximum absolute atomic E-state index is 12.0. The molecule has 0 aliphatic rings. The number of unbranched alkanes of at least 4 members (excludes halogenated alkanes) is 23. The molecular weight excluding hydrogens is 556 g/mol. The van der Waals surface area contributed by atoms with Crippen molar-refractivity contribution in [1.82, 2.24) is 0 Å². The molecule has 0 heterocycles. The van der Waals surface area contributed by atoms with Crippen LogP contribution >= 0.6 is 0 Å². The Kier molecular flexibility index (Phi) is 40.0. The molecule has 0 aromatic heterocycles. The molecule has 0 fully saturated rings. The van der Waals surface area contributed by atoms with E-state index in [9.17, 15) is 9.59 Å². The summed E-state index contributed by atoms with van der Waals surface area (Å²) in [6, 6.07) is 0. The fraction of sp³-hybridized carbons (Fsp3) is 0.951. The van der Waals surface area contributed by atoms with Crippen molar-refractivity contribution >= 4 is 11.9 Å². The summed E-state index contributed by atoms with van der Waals surface area (Å²) in [6.07, 6.45) is 38.8. The fourth-order valence-electron chi connectivity index (χ4n) is 5.80.